The third-order valence-corrected chi connectivity index (χ3v) is 4.29. The highest BCUT2D eigenvalue weighted by molar-refractivity contribution is 9.10. The maximum atomic E-state index is 11.4. The minimum Gasteiger partial charge on any atom is -0.372 e. The van der Waals surface area contributed by atoms with Gasteiger partial charge in [-0.05, 0) is 35.7 Å². The minimum atomic E-state index is -0.240. The van der Waals surface area contributed by atoms with Gasteiger partial charge in [-0.2, -0.15) is 0 Å². The molecule has 0 saturated carbocycles. The number of anilines is 2. The molecule has 7 heteroatoms. The Morgan fingerprint density at radius 1 is 1.53 bits per heavy atom. The zero-order chi connectivity index (χ0) is 14.0. The number of carbonyl (C=O) groups is 1. The first-order chi connectivity index (χ1) is 9.04. The molecule has 3 N–H and O–H groups in total. The number of carbonyl (C=O) groups excluding carboxylic acids is 1. The van der Waals surface area contributed by atoms with Crippen LogP contribution < -0.4 is 16.0 Å². The lowest BCUT2D eigenvalue weighted by Crippen LogP contribution is -2.46. The summed E-state index contributed by atoms with van der Waals surface area (Å²) in [6.07, 6.45) is 3.29. The molecule has 19 heavy (non-hydrogen) atoms. The van der Waals surface area contributed by atoms with Gasteiger partial charge in [-0.3, -0.25) is 4.79 Å². The van der Waals surface area contributed by atoms with E-state index in [4.69, 9.17) is 5.73 Å². The smallest absolute Gasteiger partial charge is 0.222 e. The number of amides is 1. The molecule has 1 aromatic rings. The van der Waals surface area contributed by atoms with Crippen molar-refractivity contribution in [3.8, 4) is 0 Å². The highest BCUT2D eigenvalue weighted by Crippen LogP contribution is 2.34. The van der Waals surface area contributed by atoms with E-state index < -0.39 is 0 Å². The predicted octanol–water partition coefficient (Wildman–Crippen LogP) is 1.37. The van der Waals surface area contributed by atoms with Crippen molar-refractivity contribution >= 4 is 33.5 Å². The molecule has 104 valence electrons. The van der Waals surface area contributed by atoms with Crippen molar-refractivity contribution in [3.05, 3.63) is 10.8 Å². The molecule has 2 heterocycles. The summed E-state index contributed by atoms with van der Waals surface area (Å²) in [5, 5.41) is 3.01. The van der Waals surface area contributed by atoms with E-state index in [9.17, 15) is 4.79 Å². The number of primary amides is 1. The lowest BCUT2D eigenvalue weighted by molar-refractivity contribution is -0.122. The van der Waals surface area contributed by atoms with Crippen LogP contribution in [0.2, 0.25) is 0 Å². The standard InChI is InChI=1S/C12H18BrN5O/c1-7-3-4-8(10(14)19)5-18(7)12-9(13)11(15-2)16-6-17-12/h6-8H,3-5H2,1-2H3,(H2,14,19)(H,15,16,17). The molecule has 0 spiro atoms. The second-order valence-corrected chi connectivity index (χ2v) is 5.58. The Balaban J connectivity index is 2.31. The molecule has 1 saturated heterocycles. The molecular weight excluding hydrogens is 310 g/mol. The van der Waals surface area contributed by atoms with Crippen molar-refractivity contribution < 1.29 is 4.79 Å². The zero-order valence-corrected chi connectivity index (χ0v) is 12.6. The number of nitrogens with one attached hydrogen (secondary N) is 1. The first kappa shape index (κ1) is 14.0. The third kappa shape index (κ3) is 2.80. The number of halogens is 1. The first-order valence-electron chi connectivity index (χ1n) is 6.28. The molecule has 0 aromatic carbocycles. The van der Waals surface area contributed by atoms with Crippen molar-refractivity contribution in [1.82, 2.24) is 9.97 Å². The summed E-state index contributed by atoms with van der Waals surface area (Å²) in [5.74, 6) is 1.18. The Morgan fingerprint density at radius 3 is 2.89 bits per heavy atom. The summed E-state index contributed by atoms with van der Waals surface area (Å²) in [7, 11) is 1.81. The fraction of sp³-hybridized carbons (Fsp3) is 0.583. The topological polar surface area (TPSA) is 84.1 Å². The SMILES string of the molecule is CNc1ncnc(N2CC(C(N)=O)CCC2C)c1Br. The molecule has 1 amide bonds. The fourth-order valence-corrected chi connectivity index (χ4v) is 3.00. The molecule has 2 atom stereocenters. The van der Waals surface area contributed by atoms with Crippen LogP contribution in [0.25, 0.3) is 0 Å². The molecule has 1 aliphatic heterocycles. The molecule has 1 aliphatic rings. The van der Waals surface area contributed by atoms with Gasteiger partial charge in [0.25, 0.3) is 0 Å². The van der Waals surface area contributed by atoms with E-state index in [2.05, 4.69) is 43.0 Å². The number of nitrogens with two attached hydrogens (primary N) is 1. The Hall–Kier alpha value is -1.37. The van der Waals surface area contributed by atoms with Gasteiger partial charge in [0.05, 0.1) is 5.92 Å². The van der Waals surface area contributed by atoms with E-state index in [1.165, 1.54) is 6.33 Å². The van der Waals surface area contributed by atoms with Crippen LogP contribution in [0, 0.1) is 5.92 Å². The van der Waals surface area contributed by atoms with E-state index in [-0.39, 0.29) is 11.8 Å². The molecule has 2 unspecified atom stereocenters. The van der Waals surface area contributed by atoms with Crippen molar-refractivity contribution in [2.45, 2.75) is 25.8 Å². The summed E-state index contributed by atoms with van der Waals surface area (Å²) >= 11 is 3.52. The average Bonchev–Trinajstić information content (AvgIpc) is 2.39. The molecule has 0 radical (unpaired) electrons. The Bertz CT molecular complexity index is 481. The van der Waals surface area contributed by atoms with Gasteiger partial charge in [0, 0.05) is 19.6 Å². The van der Waals surface area contributed by atoms with Crippen LogP contribution in [0.3, 0.4) is 0 Å². The largest absolute Gasteiger partial charge is 0.372 e. The van der Waals surface area contributed by atoms with Gasteiger partial charge in [0.1, 0.15) is 22.4 Å². The van der Waals surface area contributed by atoms with Gasteiger partial charge in [0.15, 0.2) is 0 Å². The van der Waals surface area contributed by atoms with E-state index in [0.29, 0.717) is 12.6 Å². The van der Waals surface area contributed by atoms with Gasteiger partial charge < -0.3 is 16.0 Å². The Morgan fingerprint density at radius 2 is 2.26 bits per heavy atom. The number of rotatable bonds is 3. The van der Waals surface area contributed by atoms with E-state index in [1.54, 1.807) is 0 Å². The van der Waals surface area contributed by atoms with Crippen LogP contribution in [0.1, 0.15) is 19.8 Å². The molecule has 2 rings (SSSR count). The van der Waals surface area contributed by atoms with Crippen LogP contribution in [-0.4, -0.2) is 35.5 Å². The highest BCUT2D eigenvalue weighted by Gasteiger charge is 2.30. The number of nitrogens with zero attached hydrogens (tertiary/aromatic N) is 3. The van der Waals surface area contributed by atoms with Gasteiger partial charge >= 0.3 is 0 Å². The predicted molar refractivity (Wildman–Crippen MR) is 78.0 cm³/mol. The molecule has 1 fully saturated rings. The monoisotopic (exact) mass is 327 g/mol. The molecule has 0 aliphatic carbocycles. The van der Waals surface area contributed by atoms with Crippen molar-refractivity contribution in [3.63, 3.8) is 0 Å². The van der Waals surface area contributed by atoms with E-state index >= 15 is 0 Å². The lowest BCUT2D eigenvalue weighted by Gasteiger charge is -2.38. The third-order valence-electron chi connectivity index (χ3n) is 3.56. The van der Waals surface area contributed by atoms with Gasteiger partial charge in [0.2, 0.25) is 5.91 Å². The van der Waals surface area contributed by atoms with Crippen LogP contribution in [0.15, 0.2) is 10.8 Å². The Labute approximate surface area is 120 Å². The molecule has 1 aromatic heterocycles. The number of hydrogen-bond donors (Lipinski definition) is 2. The van der Waals surface area contributed by atoms with Crippen LogP contribution in [-0.2, 0) is 4.79 Å². The maximum absolute atomic E-state index is 11.4. The molecular formula is C12H18BrN5O. The highest BCUT2D eigenvalue weighted by atomic mass is 79.9. The number of aromatic nitrogens is 2. The second kappa shape index (κ2) is 5.73. The summed E-state index contributed by atoms with van der Waals surface area (Å²) < 4.78 is 0.814. The van der Waals surface area contributed by atoms with Crippen molar-refractivity contribution in [1.29, 1.82) is 0 Å². The van der Waals surface area contributed by atoms with E-state index in [0.717, 1.165) is 29.0 Å². The minimum absolute atomic E-state index is 0.115. The van der Waals surface area contributed by atoms with Gasteiger partial charge in [-0.1, -0.05) is 0 Å². The summed E-state index contributed by atoms with van der Waals surface area (Å²) in [6, 6.07) is 0.325. The molecule has 0 bridgehead atoms. The van der Waals surface area contributed by atoms with Gasteiger partial charge in [-0.25, -0.2) is 9.97 Å². The van der Waals surface area contributed by atoms with Crippen LogP contribution >= 0.6 is 15.9 Å². The molecule has 6 nitrogen and oxygen atoms in total. The van der Waals surface area contributed by atoms with Crippen LogP contribution in [0.4, 0.5) is 11.6 Å². The zero-order valence-electron chi connectivity index (χ0n) is 11.1. The van der Waals surface area contributed by atoms with Crippen molar-refractivity contribution in [2.75, 3.05) is 23.8 Å². The number of piperidine rings is 1. The fourth-order valence-electron chi connectivity index (χ4n) is 2.37. The summed E-state index contributed by atoms with van der Waals surface area (Å²) in [5.41, 5.74) is 5.42. The maximum Gasteiger partial charge on any atom is 0.222 e. The Kier molecular flexibility index (Phi) is 4.24. The second-order valence-electron chi connectivity index (χ2n) is 4.79. The quantitative estimate of drug-likeness (QED) is 0.875. The lowest BCUT2D eigenvalue weighted by atomic mass is 9.93. The number of hydrogen-bond acceptors (Lipinski definition) is 5. The average molecular weight is 328 g/mol. The van der Waals surface area contributed by atoms with E-state index in [1.807, 2.05) is 7.05 Å². The van der Waals surface area contributed by atoms with Crippen molar-refractivity contribution in [2.24, 2.45) is 11.7 Å². The first-order valence-corrected chi connectivity index (χ1v) is 7.08. The summed E-state index contributed by atoms with van der Waals surface area (Å²) in [4.78, 5) is 22.0. The normalized spacial score (nSPS) is 23.2. The van der Waals surface area contributed by atoms with Gasteiger partial charge in [-0.15, -0.1) is 0 Å². The van der Waals surface area contributed by atoms with Crippen LogP contribution in [0.5, 0.6) is 0 Å². The summed E-state index contributed by atoms with van der Waals surface area (Å²) in [6.45, 7) is 2.74.